The Bertz CT molecular complexity index is 1010. The third-order valence-electron chi connectivity index (χ3n) is 4.16. The van der Waals surface area contributed by atoms with Gasteiger partial charge in [0.25, 0.3) is 0 Å². The zero-order valence-electron chi connectivity index (χ0n) is 16.5. The summed E-state index contributed by atoms with van der Waals surface area (Å²) in [4.78, 5) is 24.5. The molecule has 0 aliphatic rings. The molecule has 1 amide bonds. The van der Waals surface area contributed by atoms with Crippen LogP contribution in [0.4, 0.5) is 5.69 Å². The first-order chi connectivity index (χ1) is 14.0. The Morgan fingerprint density at radius 3 is 2.69 bits per heavy atom. The number of nitrogens with zero attached hydrogens (tertiary/aromatic N) is 3. The minimum atomic E-state index is -0.470. The number of para-hydroxylation sites is 1. The molecule has 1 N–H and O–H groups in total. The molecule has 2 heterocycles. The van der Waals surface area contributed by atoms with Crippen molar-refractivity contribution in [3.8, 4) is 11.4 Å². The van der Waals surface area contributed by atoms with Crippen molar-refractivity contribution in [3.63, 3.8) is 0 Å². The number of aryl methyl sites for hydroxylation is 1. The molecule has 2 aromatic heterocycles. The summed E-state index contributed by atoms with van der Waals surface area (Å²) < 4.78 is 12.3. The quantitative estimate of drug-likeness (QED) is 0.442. The maximum Gasteiger partial charge on any atom is 0.340 e. The molecule has 152 valence electrons. The largest absolute Gasteiger partial charge is 0.469 e. The Balaban J connectivity index is 1.69. The predicted octanol–water partition coefficient (Wildman–Crippen LogP) is 3.77. The van der Waals surface area contributed by atoms with Crippen molar-refractivity contribution in [2.24, 2.45) is 0 Å². The van der Waals surface area contributed by atoms with E-state index in [1.54, 1.807) is 37.5 Å². The maximum absolute atomic E-state index is 12.5. The molecule has 9 heteroatoms. The number of hydrogen-bond donors (Lipinski definition) is 1. The molecule has 0 unspecified atom stereocenters. The molecule has 0 radical (unpaired) electrons. The first-order valence-corrected chi connectivity index (χ1v) is 10.2. The average Bonchev–Trinajstić information content (AvgIpc) is 3.32. The van der Waals surface area contributed by atoms with E-state index in [1.165, 1.54) is 11.8 Å². The summed E-state index contributed by atoms with van der Waals surface area (Å²) in [7, 11) is 0. The van der Waals surface area contributed by atoms with E-state index in [0.717, 1.165) is 11.3 Å². The Labute approximate surface area is 172 Å². The number of aromatic nitrogens is 3. The summed E-state index contributed by atoms with van der Waals surface area (Å²) in [5.41, 5.74) is 1.62. The van der Waals surface area contributed by atoms with Crippen LogP contribution in [0.5, 0.6) is 0 Å². The number of anilines is 1. The Morgan fingerprint density at radius 2 is 2.00 bits per heavy atom. The Hall–Kier alpha value is -3.07. The van der Waals surface area contributed by atoms with Gasteiger partial charge in [-0.2, -0.15) is 0 Å². The Kier molecular flexibility index (Phi) is 6.71. The molecule has 8 nitrogen and oxygen atoms in total. The number of ether oxygens (including phenoxy) is 1. The third-order valence-corrected chi connectivity index (χ3v) is 5.13. The fourth-order valence-electron chi connectivity index (χ4n) is 2.79. The summed E-state index contributed by atoms with van der Waals surface area (Å²) >= 11 is 1.28. The lowest BCUT2D eigenvalue weighted by Crippen LogP contribution is -2.17. The van der Waals surface area contributed by atoms with Gasteiger partial charge in [0.1, 0.15) is 5.76 Å². The van der Waals surface area contributed by atoms with Crippen LogP contribution in [0, 0.1) is 6.92 Å². The van der Waals surface area contributed by atoms with Gasteiger partial charge >= 0.3 is 5.97 Å². The monoisotopic (exact) mass is 414 g/mol. The minimum absolute atomic E-state index is 0.125. The lowest BCUT2D eigenvalue weighted by molar-refractivity contribution is -0.113. The van der Waals surface area contributed by atoms with Crippen molar-refractivity contribution in [1.82, 2.24) is 14.8 Å². The van der Waals surface area contributed by atoms with Crippen LogP contribution in [0.2, 0.25) is 0 Å². The van der Waals surface area contributed by atoms with Gasteiger partial charge in [0.15, 0.2) is 11.0 Å². The number of rotatable bonds is 8. The molecular weight excluding hydrogens is 392 g/mol. The van der Waals surface area contributed by atoms with Gasteiger partial charge in [-0.25, -0.2) is 4.79 Å². The second-order valence-electron chi connectivity index (χ2n) is 6.04. The first-order valence-electron chi connectivity index (χ1n) is 9.21. The molecule has 0 saturated heterocycles. The van der Waals surface area contributed by atoms with E-state index in [0.29, 0.717) is 28.8 Å². The predicted molar refractivity (Wildman–Crippen MR) is 110 cm³/mol. The van der Waals surface area contributed by atoms with E-state index in [-0.39, 0.29) is 18.3 Å². The van der Waals surface area contributed by atoms with Crippen LogP contribution >= 0.6 is 11.8 Å². The summed E-state index contributed by atoms with van der Waals surface area (Å²) in [6, 6.07) is 8.61. The lowest BCUT2D eigenvalue weighted by atomic mass is 10.2. The number of carbonyl (C=O) groups excluding carboxylic acids is 2. The number of thioether (sulfide) groups is 1. The van der Waals surface area contributed by atoms with Crippen molar-refractivity contribution >= 4 is 29.3 Å². The van der Waals surface area contributed by atoms with E-state index in [4.69, 9.17) is 9.15 Å². The minimum Gasteiger partial charge on any atom is -0.469 e. The van der Waals surface area contributed by atoms with Crippen LogP contribution < -0.4 is 5.32 Å². The van der Waals surface area contributed by atoms with Crippen molar-refractivity contribution < 1.29 is 18.7 Å². The van der Waals surface area contributed by atoms with Gasteiger partial charge in [0, 0.05) is 6.54 Å². The third kappa shape index (κ3) is 4.68. The molecule has 0 bridgehead atoms. The van der Waals surface area contributed by atoms with Crippen LogP contribution in [-0.2, 0) is 16.1 Å². The number of nitrogens with one attached hydrogen (secondary N) is 1. The van der Waals surface area contributed by atoms with Crippen molar-refractivity contribution in [2.75, 3.05) is 17.7 Å². The van der Waals surface area contributed by atoms with Crippen LogP contribution in [0.15, 0.2) is 46.2 Å². The molecule has 1 aromatic carbocycles. The highest BCUT2D eigenvalue weighted by Gasteiger charge is 2.18. The summed E-state index contributed by atoms with van der Waals surface area (Å²) in [5, 5.41) is 11.9. The van der Waals surface area contributed by atoms with Gasteiger partial charge in [0.2, 0.25) is 5.91 Å². The highest BCUT2D eigenvalue weighted by atomic mass is 32.2. The van der Waals surface area contributed by atoms with Gasteiger partial charge in [-0.15, -0.1) is 10.2 Å². The smallest absolute Gasteiger partial charge is 0.340 e. The van der Waals surface area contributed by atoms with E-state index in [9.17, 15) is 9.59 Å². The SMILES string of the molecule is CCOC(=O)c1ccccc1NC(=O)CSc1nnc(-c2ccoc2C)n1CC. The van der Waals surface area contributed by atoms with Crippen LogP contribution in [0.1, 0.15) is 30.0 Å². The van der Waals surface area contributed by atoms with E-state index >= 15 is 0 Å². The van der Waals surface area contributed by atoms with Crippen molar-refractivity contribution in [3.05, 3.63) is 47.9 Å². The fourth-order valence-corrected chi connectivity index (χ4v) is 3.59. The molecule has 0 aliphatic carbocycles. The van der Waals surface area contributed by atoms with Crippen LogP contribution in [-0.4, -0.2) is 39.0 Å². The van der Waals surface area contributed by atoms with Gasteiger partial charge in [-0.05, 0) is 39.0 Å². The standard InChI is InChI=1S/C20H22N4O4S/c1-4-24-18(14-10-11-28-13(14)3)22-23-20(24)29-12-17(25)21-16-9-7-6-8-15(16)19(26)27-5-2/h6-11H,4-5,12H2,1-3H3,(H,21,25). The second kappa shape index (κ2) is 9.42. The van der Waals surface area contributed by atoms with Crippen molar-refractivity contribution in [2.45, 2.75) is 32.5 Å². The molecular formula is C20H22N4O4S. The van der Waals surface area contributed by atoms with E-state index in [2.05, 4.69) is 15.5 Å². The highest BCUT2D eigenvalue weighted by Crippen LogP contribution is 2.27. The van der Waals surface area contributed by atoms with Crippen LogP contribution in [0.25, 0.3) is 11.4 Å². The second-order valence-corrected chi connectivity index (χ2v) is 6.99. The molecule has 0 atom stereocenters. The fraction of sp³-hybridized carbons (Fsp3) is 0.300. The van der Waals surface area contributed by atoms with Gasteiger partial charge < -0.3 is 19.0 Å². The molecule has 0 aliphatic heterocycles. The molecule has 0 fully saturated rings. The molecule has 0 saturated carbocycles. The summed E-state index contributed by atoms with van der Waals surface area (Å²) in [6.45, 7) is 6.51. The average molecular weight is 414 g/mol. The molecule has 29 heavy (non-hydrogen) atoms. The van der Waals surface area contributed by atoms with E-state index < -0.39 is 5.97 Å². The molecule has 0 spiro atoms. The molecule has 3 rings (SSSR count). The topological polar surface area (TPSA) is 99.2 Å². The summed E-state index contributed by atoms with van der Waals surface area (Å²) in [6.07, 6.45) is 1.61. The first kappa shape index (κ1) is 20.7. The summed E-state index contributed by atoms with van der Waals surface area (Å²) in [5.74, 6) is 0.867. The zero-order chi connectivity index (χ0) is 20.8. The van der Waals surface area contributed by atoms with Crippen LogP contribution in [0.3, 0.4) is 0 Å². The number of benzene rings is 1. The lowest BCUT2D eigenvalue weighted by Gasteiger charge is -2.10. The Morgan fingerprint density at radius 1 is 1.21 bits per heavy atom. The number of esters is 1. The highest BCUT2D eigenvalue weighted by molar-refractivity contribution is 7.99. The van der Waals surface area contributed by atoms with Gasteiger partial charge in [0.05, 0.1) is 35.4 Å². The van der Waals surface area contributed by atoms with Gasteiger partial charge in [-0.3, -0.25) is 4.79 Å². The van der Waals surface area contributed by atoms with E-state index in [1.807, 2.05) is 24.5 Å². The number of hydrogen-bond acceptors (Lipinski definition) is 7. The normalized spacial score (nSPS) is 10.7. The van der Waals surface area contributed by atoms with Crippen molar-refractivity contribution in [1.29, 1.82) is 0 Å². The maximum atomic E-state index is 12.5. The number of amides is 1. The van der Waals surface area contributed by atoms with Gasteiger partial charge in [-0.1, -0.05) is 23.9 Å². The molecule has 3 aromatic rings. The zero-order valence-corrected chi connectivity index (χ0v) is 17.3. The number of carbonyl (C=O) groups is 2. The number of furan rings is 1.